The largest absolute Gasteiger partial charge is 0.508 e. The van der Waals surface area contributed by atoms with Crippen LogP contribution in [0, 0.1) is 12.8 Å². The molecular formula is C22H24N4O6. The van der Waals surface area contributed by atoms with Crippen molar-refractivity contribution < 1.29 is 29.0 Å². The van der Waals surface area contributed by atoms with Gasteiger partial charge in [0.1, 0.15) is 12.4 Å². The molecule has 4 aliphatic rings. The Morgan fingerprint density at radius 2 is 2.09 bits per heavy atom. The van der Waals surface area contributed by atoms with E-state index in [1.165, 1.54) is 13.2 Å². The average molecular weight is 440 g/mol. The van der Waals surface area contributed by atoms with Crippen molar-refractivity contribution in [2.75, 3.05) is 25.6 Å². The van der Waals surface area contributed by atoms with Gasteiger partial charge in [-0.2, -0.15) is 0 Å². The molecule has 0 saturated carbocycles. The van der Waals surface area contributed by atoms with Gasteiger partial charge in [0, 0.05) is 36.5 Å². The number of hydrogen-bond donors (Lipinski definition) is 4. The fraction of sp³-hybridized carbons (Fsp3) is 0.409. The Bertz CT molecular complexity index is 1140. The Morgan fingerprint density at radius 1 is 1.34 bits per heavy atom. The minimum absolute atomic E-state index is 0.100. The van der Waals surface area contributed by atoms with Gasteiger partial charge in [-0.3, -0.25) is 9.59 Å². The Morgan fingerprint density at radius 3 is 2.75 bits per heavy atom. The highest BCUT2D eigenvalue weighted by Crippen LogP contribution is 2.55. The lowest BCUT2D eigenvalue weighted by atomic mass is 9.82. The van der Waals surface area contributed by atoms with Crippen molar-refractivity contribution in [1.29, 1.82) is 0 Å². The summed E-state index contributed by atoms with van der Waals surface area (Å²) in [5.74, 6) is -1.22. The molecule has 1 amide bonds. The number of phenols is 1. The second kappa shape index (κ2) is 6.81. The molecule has 3 aliphatic heterocycles. The number of ketones is 2. The van der Waals surface area contributed by atoms with Crippen LogP contribution in [-0.2, 0) is 19.1 Å². The number of primary amides is 1. The molecule has 4 atom stereocenters. The number of fused-ring (bicyclic) bond motifs is 4. The summed E-state index contributed by atoms with van der Waals surface area (Å²) >= 11 is 0. The van der Waals surface area contributed by atoms with Crippen molar-refractivity contribution in [2.24, 2.45) is 11.7 Å². The predicted octanol–water partition coefficient (Wildman–Crippen LogP) is 0.516. The first-order chi connectivity index (χ1) is 15.2. The molecule has 0 bridgehead atoms. The monoisotopic (exact) mass is 440 g/mol. The second-order valence-corrected chi connectivity index (χ2v) is 8.54. The van der Waals surface area contributed by atoms with Gasteiger partial charge < -0.3 is 35.8 Å². The molecule has 2 fully saturated rings. The van der Waals surface area contributed by atoms with Crippen molar-refractivity contribution in [2.45, 2.75) is 31.7 Å². The molecule has 10 nitrogen and oxygen atoms in total. The first-order valence-electron chi connectivity index (χ1n) is 10.3. The summed E-state index contributed by atoms with van der Waals surface area (Å²) in [7, 11) is 1.53. The number of hydrogen-bond acceptors (Lipinski definition) is 9. The molecule has 10 heteroatoms. The number of allylic oxidation sites excluding steroid dienone is 2. The average Bonchev–Trinajstić information content (AvgIpc) is 3.35. The molecule has 0 radical (unpaired) electrons. The second-order valence-electron chi connectivity index (χ2n) is 8.54. The predicted molar refractivity (Wildman–Crippen MR) is 112 cm³/mol. The molecule has 4 unspecified atom stereocenters. The molecule has 1 aromatic rings. The molecule has 1 aliphatic carbocycles. The number of amides is 1. The van der Waals surface area contributed by atoms with Gasteiger partial charge in [0.15, 0.2) is 5.72 Å². The number of piperazine rings is 1. The minimum Gasteiger partial charge on any atom is -0.508 e. The van der Waals surface area contributed by atoms with E-state index >= 15 is 0 Å². The van der Waals surface area contributed by atoms with Gasteiger partial charge in [-0.25, -0.2) is 4.79 Å². The fourth-order valence-electron chi connectivity index (χ4n) is 5.36. The van der Waals surface area contributed by atoms with Gasteiger partial charge in [-0.15, -0.1) is 0 Å². The van der Waals surface area contributed by atoms with Crippen LogP contribution in [0.15, 0.2) is 40.7 Å². The van der Waals surface area contributed by atoms with Crippen LogP contribution < -0.4 is 16.4 Å². The summed E-state index contributed by atoms with van der Waals surface area (Å²) in [5.41, 5.74) is 6.50. The van der Waals surface area contributed by atoms with Gasteiger partial charge in [0.25, 0.3) is 0 Å². The molecule has 168 valence electrons. The highest BCUT2D eigenvalue weighted by Gasteiger charge is 2.72. The van der Waals surface area contributed by atoms with Crippen molar-refractivity contribution >= 4 is 23.3 Å². The van der Waals surface area contributed by atoms with E-state index in [9.17, 15) is 19.5 Å². The number of anilines is 1. The quantitative estimate of drug-likeness (QED) is 0.291. The number of phenolic OH excluding ortho intramolecular Hbond substituents is 1. The van der Waals surface area contributed by atoms with Crippen molar-refractivity contribution in [3.05, 3.63) is 46.3 Å². The van der Waals surface area contributed by atoms with Crippen molar-refractivity contribution in [1.82, 2.24) is 10.2 Å². The van der Waals surface area contributed by atoms with Crippen LogP contribution in [0.5, 0.6) is 5.75 Å². The van der Waals surface area contributed by atoms with E-state index in [1.54, 1.807) is 26.0 Å². The van der Waals surface area contributed by atoms with Gasteiger partial charge >= 0.3 is 6.09 Å². The fourth-order valence-corrected chi connectivity index (χ4v) is 5.36. The van der Waals surface area contributed by atoms with Gasteiger partial charge in [0.2, 0.25) is 11.6 Å². The van der Waals surface area contributed by atoms with Gasteiger partial charge in [0.05, 0.1) is 23.4 Å². The van der Waals surface area contributed by atoms with Crippen LogP contribution >= 0.6 is 0 Å². The Kier molecular flexibility index (Phi) is 4.37. The van der Waals surface area contributed by atoms with E-state index in [4.69, 9.17) is 15.2 Å². The van der Waals surface area contributed by atoms with E-state index in [-0.39, 0.29) is 52.8 Å². The number of rotatable bonds is 5. The zero-order valence-corrected chi connectivity index (χ0v) is 17.9. The Hall–Kier alpha value is -3.37. The molecule has 2 saturated heterocycles. The lowest BCUT2D eigenvalue weighted by molar-refractivity contribution is -0.137. The number of nitrogens with zero attached hydrogens (tertiary/aromatic N) is 1. The smallest absolute Gasteiger partial charge is 0.404 e. The summed E-state index contributed by atoms with van der Waals surface area (Å²) in [6, 6.07) is 4.73. The third-order valence-electron chi connectivity index (χ3n) is 6.90. The highest BCUT2D eigenvalue weighted by atomic mass is 16.6. The highest BCUT2D eigenvalue weighted by molar-refractivity contribution is 6.26. The number of carbonyl (C=O) groups excluding carboxylic acids is 3. The summed E-state index contributed by atoms with van der Waals surface area (Å²) in [4.78, 5) is 40.5. The van der Waals surface area contributed by atoms with Gasteiger partial charge in [-0.1, -0.05) is 0 Å². The van der Waals surface area contributed by atoms with Crippen LogP contribution in [0.3, 0.4) is 0 Å². The van der Waals surface area contributed by atoms with Gasteiger partial charge in [-0.05, 0) is 37.6 Å². The maximum absolute atomic E-state index is 13.8. The molecule has 0 aromatic heterocycles. The standard InChI is InChI=1S/C22H24N4O6/c1-9-6-11(27)4-5-13(9)24-16-10(2)18(28)17-15(19(16)29)12(8-32-21(23)30)22(31-3)20-14(25-20)7-26(17)22/h4-6,12,14,20,24-25,27H,7-8H2,1-3H3,(H2,23,30). The van der Waals surface area contributed by atoms with E-state index in [0.29, 0.717) is 23.5 Å². The molecule has 32 heavy (non-hydrogen) atoms. The zero-order chi connectivity index (χ0) is 22.9. The number of methoxy groups -OCH3 is 1. The summed E-state index contributed by atoms with van der Waals surface area (Å²) in [5, 5.41) is 16.1. The van der Waals surface area contributed by atoms with E-state index in [0.717, 1.165) is 0 Å². The van der Waals surface area contributed by atoms with E-state index in [2.05, 4.69) is 10.6 Å². The maximum Gasteiger partial charge on any atom is 0.404 e. The third kappa shape index (κ3) is 2.63. The SMILES string of the molecule is COC12C(COC(N)=O)C3=C(C(=O)C(C)=C(Nc4ccc(O)cc4C)C3=O)N1CC1NC12. The zero-order valence-electron chi connectivity index (χ0n) is 17.9. The molecule has 3 heterocycles. The van der Waals surface area contributed by atoms with Crippen molar-refractivity contribution in [3.8, 4) is 5.75 Å². The number of benzene rings is 1. The molecule has 5 N–H and O–H groups in total. The number of Topliss-reactive ketones (excluding diaryl/α,β-unsaturated/α-hetero) is 2. The minimum atomic E-state index is -1.01. The number of nitrogens with two attached hydrogens (primary N) is 1. The molecule has 0 spiro atoms. The summed E-state index contributed by atoms with van der Waals surface area (Å²) in [6.07, 6.45) is -0.963. The first-order valence-corrected chi connectivity index (χ1v) is 10.3. The molecular weight excluding hydrogens is 416 g/mol. The number of carbonyl (C=O) groups is 3. The Balaban J connectivity index is 1.57. The van der Waals surface area contributed by atoms with E-state index < -0.39 is 17.7 Å². The van der Waals surface area contributed by atoms with Crippen LogP contribution in [-0.4, -0.2) is 65.7 Å². The summed E-state index contributed by atoms with van der Waals surface area (Å²) in [6.45, 7) is 3.72. The van der Waals surface area contributed by atoms with Crippen LogP contribution in [0.1, 0.15) is 12.5 Å². The number of nitrogens with one attached hydrogen (secondary N) is 2. The normalized spacial score (nSPS) is 30.3. The third-order valence-corrected chi connectivity index (χ3v) is 6.90. The van der Waals surface area contributed by atoms with Crippen molar-refractivity contribution in [3.63, 3.8) is 0 Å². The number of ether oxygens (including phenoxy) is 2. The molecule has 5 rings (SSSR count). The Labute approximate surface area is 184 Å². The van der Waals surface area contributed by atoms with Crippen LogP contribution in [0.2, 0.25) is 0 Å². The first kappa shape index (κ1) is 20.5. The topological polar surface area (TPSA) is 153 Å². The number of aromatic hydroxyl groups is 1. The summed E-state index contributed by atoms with van der Waals surface area (Å²) < 4.78 is 11.1. The number of aryl methyl sites for hydroxylation is 1. The maximum atomic E-state index is 13.8. The van der Waals surface area contributed by atoms with E-state index in [1.807, 2.05) is 4.90 Å². The van der Waals surface area contributed by atoms with Crippen LogP contribution in [0.4, 0.5) is 10.5 Å². The lowest BCUT2D eigenvalue weighted by Gasteiger charge is -2.39. The lowest BCUT2D eigenvalue weighted by Crippen LogP contribution is -2.55. The molecule has 1 aromatic carbocycles. The van der Waals surface area contributed by atoms with Crippen LogP contribution in [0.25, 0.3) is 0 Å².